The topological polar surface area (TPSA) is 102 Å². The van der Waals surface area contributed by atoms with Crippen molar-refractivity contribution in [2.45, 2.75) is 6.04 Å². The third-order valence-electron chi connectivity index (χ3n) is 2.82. The fourth-order valence-electron chi connectivity index (χ4n) is 1.78. The average Bonchev–Trinajstić information content (AvgIpc) is 2.95. The molecule has 7 heteroatoms. The highest BCUT2D eigenvalue weighted by Crippen LogP contribution is 2.27. The molecule has 0 saturated carbocycles. The molecule has 1 aromatic carbocycles. The molecule has 3 aromatic rings. The van der Waals surface area contributed by atoms with Crippen molar-refractivity contribution in [2.24, 2.45) is 5.73 Å². The van der Waals surface area contributed by atoms with E-state index < -0.39 is 12.0 Å². The lowest BCUT2D eigenvalue weighted by Gasteiger charge is -2.01. The van der Waals surface area contributed by atoms with Crippen LogP contribution in [0.2, 0.25) is 0 Å². The average molecular weight is 286 g/mol. The van der Waals surface area contributed by atoms with Gasteiger partial charge in [0.05, 0.1) is 16.7 Å². The second-order valence-corrected chi connectivity index (χ2v) is 5.01. The summed E-state index contributed by atoms with van der Waals surface area (Å²) in [5.41, 5.74) is 8.34. The zero-order valence-corrected chi connectivity index (χ0v) is 11.0. The second-order valence-electron chi connectivity index (χ2n) is 4.15. The van der Waals surface area contributed by atoms with Gasteiger partial charge in [-0.25, -0.2) is 4.98 Å². The third kappa shape index (κ3) is 2.24. The molecule has 20 heavy (non-hydrogen) atoms. The zero-order chi connectivity index (χ0) is 14.1. The highest BCUT2D eigenvalue weighted by Gasteiger charge is 2.18. The first-order valence-electron chi connectivity index (χ1n) is 5.80. The number of rotatable bonds is 3. The minimum Gasteiger partial charge on any atom is -0.480 e. The van der Waals surface area contributed by atoms with Crippen molar-refractivity contribution in [3.05, 3.63) is 41.7 Å². The van der Waals surface area contributed by atoms with Gasteiger partial charge in [0.25, 0.3) is 0 Å². The van der Waals surface area contributed by atoms with Gasteiger partial charge in [0.1, 0.15) is 11.0 Å². The fraction of sp³-hybridized carbons (Fsp3) is 0.0769. The number of carbonyl (C=O) groups is 1. The van der Waals surface area contributed by atoms with Crippen molar-refractivity contribution in [1.29, 1.82) is 0 Å². The first-order chi connectivity index (χ1) is 9.65. The molecule has 0 aliphatic carbocycles. The number of carboxylic acid groups (broad SMARTS) is 1. The number of nitrogens with zero attached hydrogens (tertiary/aromatic N) is 3. The molecule has 1 unspecified atom stereocenters. The smallest absolute Gasteiger partial charge is 0.326 e. The normalized spacial score (nSPS) is 12.4. The van der Waals surface area contributed by atoms with Gasteiger partial charge in [0.15, 0.2) is 0 Å². The van der Waals surface area contributed by atoms with E-state index in [1.165, 1.54) is 11.3 Å². The summed E-state index contributed by atoms with van der Waals surface area (Å²) in [4.78, 5) is 23.5. The van der Waals surface area contributed by atoms with Crippen LogP contribution in [0.5, 0.6) is 0 Å². The van der Waals surface area contributed by atoms with Crippen LogP contribution >= 0.6 is 11.3 Å². The number of aromatic nitrogens is 3. The number of hydrogen-bond acceptors (Lipinski definition) is 6. The molecule has 2 aromatic heterocycles. The van der Waals surface area contributed by atoms with Crippen LogP contribution in [0.1, 0.15) is 11.7 Å². The molecule has 3 N–H and O–H groups in total. The Bertz CT molecular complexity index is 787. The van der Waals surface area contributed by atoms with Crippen LogP contribution in [0.15, 0.2) is 36.0 Å². The number of hydrogen-bond donors (Lipinski definition) is 2. The van der Waals surface area contributed by atoms with Gasteiger partial charge in [-0.3, -0.25) is 14.8 Å². The van der Waals surface area contributed by atoms with Crippen molar-refractivity contribution < 1.29 is 9.90 Å². The summed E-state index contributed by atoms with van der Waals surface area (Å²) in [6, 6.07) is 4.51. The Labute approximate surface area is 117 Å². The fourth-order valence-corrected chi connectivity index (χ4v) is 2.64. The van der Waals surface area contributed by atoms with Gasteiger partial charge in [-0.05, 0) is 18.2 Å². The van der Waals surface area contributed by atoms with E-state index in [1.807, 2.05) is 18.2 Å². The number of fused-ring (bicyclic) bond motifs is 1. The maximum Gasteiger partial charge on any atom is 0.326 e. The molecule has 0 bridgehead atoms. The summed E-state index contributed by atoms with van der Waals surface area (Å²) >= 11 is 1.35. The van der Waals surface area contributed by atoms with E-state index in [0.717, 1.165) is 16.6 Å². The first kappa shape index (κ1) is 12.6. The van der Waals surface area contributed by atoms with E-state index in [2.05, 4.69) is 15.0 Å². The van der Waals surface area contributed by atoms with Crippen LogP contribution in [-0.2, 0) is 4.79 Å². The summed E-state index contributed by atoms with van der Waals surface area (Å²) in [6.07, 6.45) is 3.26. The van der Waals surface area contributed by atoms with Crippen molar-refractivity contribution in [1.82, 2.24) is 15.0 Å². The number of carboxylic acids is 1. The van der Waals surface area contributed by atoms with Crippen molar-refractivity contribution in [2.75, 3.05) is 0 Å². The lowest BCUT2D eigenvalue weighted by Crippen LogP contribution is -2.20. The van der Waals surface area contributed by atoms with E-state index in [-0.39, 0.29) is 0 Å². The zero-order valence-electron chi connectivity index (χ0n) is 10.2. The minimum absolute atomic E-state index is 0.358. The maximum absolute atomic E-state index is 10.8. The van der Waals surface area contributed by atoms with Crippen LogP contribution in [0.25, 0.3) is 21.6 Å². The molecular weight excluding hydrogens is 276 g/mol. The van der Waals surface area contributed by atoms with Gasteiger partial charge in [-0.1, -0.05) is 0 Å². The highest BCUT2D eigenvalue weighted by molar-refractivity contribution is 7.13. The summed E-state index contributed by atoms with van der Waals surface area (Å²) < 4.78 is 0. The summed E-state index contributed by atoms with van der Waals surface area (Å²) in [5.74, 6) is -1.09. The Morgan fingerprint density at radius 3 is 2.75 bits per heavy atom. The van der Waals surface area contributed by atoms with Crippen LogP contribution in [0, 0.1) is 0 Å². The predicted octanol–water partition coefficient (Wildman–Crippen LogP) is 1.84. The lowest BCUT2D eigenvalue weighted by atomic mass is 10.2. The molecule has 0 spiro atoms. The molecule has 1 atom stereocenters. The summed E-state index contributed by atoms with van der Waals surface area (Å²) in [6.45, 7) is 0. The van der Waals surface area contributed by atoms with Crippen molar-refractivity contribution >= 4 is 28.3 Å². The van der Waals surface area contributed by atoms with Gasteiger partial charge >= 0.3 is 5.97 Å². The van der Waals surface area contributed by atoms with Crippen molar-refractivity contribution in [3.63, 3.8) is 0 Å². The van der Waals surface area contributed by atoms with E-state index in [4.69, 9.17) is 10.8 Å². The van der Waals surface area contributed by atoms with Crippen LogP contribution in [0.4, 0.5) is 0 Å². The lowest BCUT2D eigenvalue weighted by molar-refractivity contribution is -0.138. The van der Waals surface area contributed by atoms with E-state index in [0.29, 0.717) is 10.7 Å². The molecule has 6 nitrogen and oxygen atoms in total. The monoisotopic (exact) mass is 286 g/mol. The van der Waals surface area contributed by atoms with Gasteiger partial charge in [0.2, 0.25) is 0 Å². The molecule has 0 amide bonds. The Kier molecular flexibility index (Phi) is 3.13. The molecule has 100 valence electrons. The van der Waals surface area contributed by atoms with Gasteiger partial charge in [-0.15, -0.1) is 11.3 Å². The molecule has 0 aliphatic heterocycles. The quantitative estimate of drug-likeness (QED) is 0.761. The number of benzene rings is 1. The van der Waals surface area contributed by atoms with Crippen LogP contribution in [0.3, 0.4) is 0 Å². The van der Waals surface area contributed by atoms with Crippen molar-refractivity contribution in [3.8, 4) is 10.6 Å². The molecular formula is C13H10N4O2S. The first-order valence-corrected chi connectivity index (χ1v) is 6.68. The predicted molar refractivity (Wildman–Crippen MR) is 75.2 cm³/mol. The third-order valence-corrected chi connectivity index (χ3v) is 3.73. The minimum atomic E-state index is -1.10. The van der Waals surface area contributed by atoms with Crippen LogP contribution < -0.4 is 5.73 Å². The van der Waals surface area contributed by atoms with Gasteiger partial charge < -0.3 is 10.8 Å². The van der Waals surface area contributed by atoms with E-state index in [9.17, 15) is 4.79 Å². The Hall–Kier alpha value is -2.38. The standard InChI is InChI=1S/C13H10N4O2S/c14-11(13(18)19)10-6-20-12(17-10)7-1-2-8-9(5-7)16-4-3-15-8/h1-6,11H,14H2,(H,18,19). The van der Waals surface area contributed by atoms with E-state index >= 15 is 0 Å². The van der Waals surface area contributed by atoms with Crippen LogP contribution in [-0.4, -0.2) is 26.0 Å². The molecule has 0 radical (unpaired) electrons. The maximum atomic E-state index is 10.8. The molecule has 0 fully saturated rings. The molecule has 3 rings (SSSR count). The summed E-state index contributed by atoms with van der Waals surface area (Å²) in [7, 11) is 0. The number of thiazole rings is 1. The van der Waals surface area contributed by atoms with Gasteiger partial charge in [-0.2, -0.15) is 0 Å². The summed E-state index contributed by atoms with van der Waals surface area (Å²) in [5, 5.41) is 11.3. The SMILES string of the molecule is NC(C(=O)O)c1csc(-c2ccc3nccnc3c2)n1. The number of nitrogens with two attached hydrogens (primary N) is 1. The molecule has 0 saturated heterocycles. The Morgan fingerprint density at radius 1 is 1.25 bits per heavy atom. The Balaban J connectivity index is 2.01. The number of aliphatic carboxylic acids is 1. The molecule has 2 heterocycles. The van der Waals surface area contributed by atoms with Gasteiger partial charge in [0, 0.05) is 23.3 Å². The second kappa shape index (κ2) is 4.95. The highest BCUT2D eigenvalue weighted by atomic mass is 32.1. The molecule has 0 aliphatic rings. The largest absolute Gasteiger partial charge is 0.480 e. The Morgan fingerprint density at radius 2 is 2.00 bits per heavy atom. The van der Waals surface area contributed by atoms with E-state index in [1.54, 1.807) is 17.8 Å².